The van der Waals surface area contributed by atoms with Gasteiger partial charge in [-0.1, -0.05) is 18.2 Å². The van der Waals surface area contributed by atoms with Gasteiger partial charge in [0.2, 0.25) is 0 Å². The van der Waals surface area contributed by atoms with E-state index in [1.807, 2.05) is 0 Å². The number of pyridine rings is 1. The van der Waals surface area contributed by atoms with Gasteiger partial charge in [-0.2, -0.15) is 13.2 Å². The molecule has 0 aliphatic heterocycles. The van der Waals surface area contributed by atoms with Gasteiger partial charge in [0, 0.05) is 18.4 Å². The van der Waals surface area contributed by atoms with Crippen molar-refractivity contribution in [2.75, 3.05) is 11.9 Å². The zero-order valence-corrected chi connectivity index (χ0v) is 10.9. The smallest absolute Gasteiger partial charge is 0.389 e. The zero-order chi connectivity index (χ0) is 15.5. The molecule has 0 fully saturated rings. The highest BCUT2D eigenvalue weighted by atomic mass is 19.4. The number of para-hydroxylation sites is 1. The maximum absolute atomic E-state index is 12.0. The van der Waals surface area contributed by atoms with Crippen molar-refractivity contribution in [3.05, 3.63) is 35.9 Å². The van der Waals surface area contributed by atoms with Crippen molar-refractivity contribution in [3.63, 3.8) is 0 Å². The lowest BCUT2D eigenvalue weighted by Gasteiger charge is -2.10. The lowest BCUT2D eigenvalue weighted by Crippen LogP contribution is -2.12. The average Bonchev–Trinajstić information content (AvgIpc) is 2.41. The Hall–Kier alpha value is -2.31. The van der Waals surface area contributed by atoms with Gasteiger partial charge < -0.3 is 10.4 Å². The highest BCUT2D eigenvalue weighted by Crippen LogP contribution is 2.23. The van der Waals surface area contributed by atoms with E-state index in [2.05, 4.69) is 10.3 Å². The molecule has 112 valence electrons. The van der Waals surface area contributed by atoms with Gasteiger partial charge in [-0.25, -0.2) is 9.78 Å². The number of benzene rings is 1. The molecule has 1 aromatic heterocycles. The summed E-state index contributed by atoms with van der Waals surface area (Å²) in [6, 6.07) is 8.04. The Kier molecular flexibility index (Phi) is 4.30. The lowest BCUT2D eigenvalue weighted by molar-refractivity contribution is -0.134. The van der Waals surface area contributed by atoms with Gasteiger partial charge in [0.25, 0.3) is 0 Å². The molecule has 1 aromatic carbocycles. The van der Waals surface area contributed by atoms with E-state index in [1.54, 1.807) is 24.3 Å². The molecule has 0 amide bonds. The molecule has 0 spiro atoms. The molecule has 0 unspecified atom stereocenters. The standard InChI is InChI=1S/C14H13F3N2O2/c15-14(16,17)6-3-7-18-12-8-10(13(20)21)9-4-1-2-5-11(9)19-12/h1-2,4-5,8H,3,6-7H2,(H,18,19)(H,20,21). The van der Waals surface area contributed by atoms with Crippen LogP contribution in [0.25, 0.3) is 10.9 Å². The number of alkyl halides is 3. The summed E-state index contributed by atoms with van der Waals surface area (Å²) in [7, 11) is 0. The van der Waals surface area contributed by atoms with Gasteiger partial charge in [-0.15, -0.1) is 0 Å². The number of anilines is 1. The number of aromatic nitrogens is 1. The number of aromatic carboxylic acids is 1. The zero-order valence-electron chi connectivity index (χ0n) is 10.9. The van der Waals surface area contributed by atoms with Gasteiger partial charge in [0.05, 0.1) is 11.1 Å². The van der Waals surface area contributed by atoms with E-state index in [-0.39, 0.29) is 24.3 Å². The number of hydrogen-bond donors (Lipinski definition) is 2. The van der Waals surface area contributed by atoms with E-state index in [1.165, 1.54) is 6.07 Å². The Morgan fingerprint density at radius 2 is 2.00 bits per heavy atom. The van der Waals surface area contributed by atoms with Crippen molar-refractivity contribution >= 4 is 22.7 Å². The summed E-state index contributed by atoms with van der Waals surface area (Å²) in [5.74, 6) is -0.847. The van der Waals surface area contributed by atoms with Crippen LogP contribution in [0, 0.1) is 0 Å². The molecule has 21 heavy (non-hydrogen) atoms. The van der Waals surface area contributed by atoms with Crippen LogP contribution < -0.4 is 5.32 Å². The molecule has 0 aliphatic carbocycles. The molecule has 0 aliphatic rings. The Balaban J connectivity index is 2.15. The number of carbonyl (C=O) groups is 1. The summed E-state index contributed by atoms with van der Waals surface area (Å²) < 4.78 is 36.1. The maximum atomic E-state index is 12.0. The molecular weight excluding hydrogens is 285 g/mol. The minimum absolute atomic E-state index is 0.0684. The number of nitrogens with zero attached hydrogens (tertiary/aromatic N) is 1. The molecule has 0 bridgehead atoms. The third-order valence-corrected chi connectivity index (χ3v) is 2.89. The van der Waals surface area contributed by atoms with Crippen LogP contribution in [0.2, 0.25) is 0 Å². The quantitative estimate of drug-likeness (QED) is 0.826. The fourth-order valence-corrected chi connectivity index (χ4v) is 1.95. The minimum Gasteiger partial charge on any atom is -0.478 e. The summed E-state index contributed by atoms with van der Waals surface area (Å²) in [5.41, 5.74) is 0.551. The van der Waals surface area contributed by atoms with Crippen LogP contribution in [0.4, 0.5) is 19.0 Å². The Morgan fingerprint density at radius 3 is 2.67 bits per heavy atom. The normalized spacial score (nSPS) is 11.6. The Bertz CT molecular complexity index is 656. The maximum Gasteiger partial charge on any atom is 0.389 e. The monoisotopic (exact) mass is 298 g/mol. The van der Waals surface area contributed by atoms with E-state index < -0.39 is 18.6 Å². The van der Waals surface area contributed by atoms with Crippen LogP contribution in [0.15, 0.2) is 30.3 Å². The van der Waals surface area contributed by atoms with E-state index in [9.17, 15) is 23.1 Å². The molecule has 2 rings (SSSR count). The van der Waals surface area contributed by atoms with Crippen LogP contribution >= 0.6 is 0 Å². The molecule has 2 N–H and O–H groups in total. The number of nitrogens with one attached hydrogen (secondary N) is 1. The molecule has 0 saturated heterocycles. The third kappa shape index (κ3) is 4.08. The van der Waals surface area contributed by atoms with Crippen molar-refractivity contribution in [3.8, 4) is 0 Å². The van der Waals surface area contributed by atoms with Crippen LogP contribution in [0.5, 0.6) is 0 Å². The van der Waals surface area contributed by atoms with Crippen molar-refractivity contribution in [1.29, 1.82) is 0 Å². The van der Waals surface area contributed by atoms with Crippen LogP contribution in [-0.2, 0) is 0 Å². The summed E-state index contributed by atoms with van der Waals surface area (Å²) in [4.78, 5) is 15.4. The van der Waals surface area contributed by atoms with Crippen LogP contribution in [0.3, 0.4) is 0 Å². The van der Waals surface area contributed by atoms with Gasteiger partial charge in [-0.05, 0) is 18.6 Å². The van der Waals surface area contributed by atoms with Gasteiger partial charge >= 0.3 is 12.1 Å². The predicted octanol–water partition coefficient (Wildman–Crippen LogP) is 3.69. The molecule has 1 heterocycles. The number of carboxylic acids is 1. The molecule has 7 heteroatoms. The Labute approximate surface area is 118 Å². The molecule has 4 nitrogen and oxygen atoms in total. The van der Waals surface area contributed by atoms with Gasteiger partial charge in [-0.3, -0.25) is 0 Å². The molecule has 0 atom stereocenters. The summed E-state index contributed by atoms with van der Waals surface area (Å²) in [5, 5.41) is 12.4. The largest absolute Gasteiger partial charge is 0.478 e. The van der Waals surface area contributed by atoms with Crippen LogP contribution in [0.1, 0.15) is 23.2 Å². The van der Waals surface area contributed by atoms with E-state index >= 15 is 0 Å². The van der Waals surface area contributed by atoms with Gasteiger partial charge in [0.15, 0.2) is 0 Å². The second-order valence-corrected chi connectivity index (χ2v) is 4.52. The highest BCUT2D eigenvalue weighted by Gasteiger charge is 2.25. The predicted molar refractivity (Wildman–Crippen MR) is 72.5 cm³/mol. The number of rotatable bonds is 5. The fourth-order valence-electron chi connectivity index (χ4n) is 1.95. The SMILES string of the molecule is O=C(O)c1cc(NCCCC(F)(F)F)nc2ccccc12. The topological polar surface area (TPSA) is 62.2 Å². The number of carboxylic acid groups (broad SMARTS) is 1. The van der Waals surface area contributed by atoms with Crippen molar-refractivity contribution in [2.45, 2.75) is 19.0 Å². The van der Waals surface area contributed by atoms with Gasteiger partial charge in [0.1, 0.15) is 5.82 Å². The van der Waals surface area contributed by atoms with Crippen LogP contribution in [-0.4, -0.2) is 28.8 Å². The average molecular weight is 298 g/mol. The van der Waals surface area contributed by atoms with E-state index in [4.69, 9.17) is 0 Å². The molecular formula is C14H13F3N2O2. The van der Waals surface area contributed by atoms with Crippen molar-refractivity contribution in [1.82, 2.24) is 4.98 Å². The first kappa shape index (κ1) is 15.1. The van der Waals surface area contributed by atoms with E-state index in [0.29, 0.717) is 10.9 Å². The van der Waals surface area contributed by atoms with Crippen molar-refractivity contribution in [2.24, 2.45) is 0 Å². The first-order chi connectivity index (χ1) is 9.87. The first-order valence-electron chi connectivity index (χ1n) is 6.30. The second-order valence-electron chi connectivity index (χ2n) is 4.52. The second kappa shape index (κ2) is 5.99. The number of hydrogen-bond acceptors (Lipinski definition) is 3. The van der Waals surface area contributed by atoms with Crippen molar-refractivity contribution < 1.29 is 23.1 Å². The summed E-state index contributed by atoms with van der Waals surface area (Å²) in [6.45, 7) is 0.0733. The number of halogens is 3. The molecule has 0 saturated carbocycles. The number of fused-ring (bicyclic) bond motifs is 1. The lowest BCUT2D eigenvalue weighted by atomic mass is 10.1. The fraction of sp³-hybridized carbons (Fsp3) is 0.286. The highest BCUT2D eigenvalue weighted by molar-refractivity contribution is 6.03. The Morgan fingerprint density at radius 1 is 1.29 bits per heavy atom. The third-order valence-electron chi connectivity index (χ3n) is 2.89. The molecule has 2 aromatic rings. The molecule has 0 radical (unpaired) electrons. The minimum atomic E-state index is -4.19. The summed E-state index contributed by atoms with van der Waals surface area (Å²) in [6.07, 6.45) is -5.18. The first-order valence-corrected chi connectivity index (χ1v) is 6.30. The van der Waals surface area contributed by atoms with E-state index in [0.717, 1.165) is 0 Å². The summed E-state index contributed by atoms with van der Waals surface area (Å²) >= 11 is 0.